The summed E-state index contributed by atoms with van der Waals surface area (Å²) in [5.41, 5.74) is 0.949. The van der Waals surface area contributed by atoms with Crippen LogP contribution in [-0.4, -0.2) is 35.1 Å². The minimum Gasteiger partial charge on any atom is -0.508 e. The third kappa shape index (κ3) is 3.83. The Morgan fingerprint density at radius 3 is 2.21 bits per heavy atom. The van der Waals surface area contributed by atoms with E-state index in [0.29, 0.717) is 36.0 Å². The van der Waals surface area contributed by atoms with Gasteiger partial charge in [-0.15, -0.1) is 0 Å². The highest BCUT2D eigenvalue weighted by atomic mass is 35.5. The number of nitrogens with zero attached hydrogens (tertiary/aromatic N) is 1. The number of phenolic OH excluding ortho intramolecular Hbond substituents is 1. The Morgan fingerprint density at radius 2 is 1.53 bits per heavy atom. The molecule has 1 atom stereocenters. The first-order valence-corrected chi connectivity index (χ1v) is 11.0. The molecule has 0 saturated carbocycles. The van der Waals surface area contributed by atoms with Crippen molar-refractivity contribution in [3.8, 4) is 17.2 Å². The molecular weight excluding hydrogens is 481 g/mol. The number of phenols is 1. The molecule has 1 fully saturated rings. The third-order valence-electron chi connectivity index (χ3n) is 5.59. The Morgan fingerprint density at radius 1 is 0.882 bits per heavy atom. The molecule has 7 nitrogen and oxygen atoms in total. The molecule has 5 rings (SSSR count). The molecule has 0 spiro atoms. The maximum atomic E-state index is 13.2. The van der Waals surface area contributed by atoms with Gasteiger partial charge in [0, 0.05) is 21.3 Å². The number of ether oxygens (including phenoxy) is 2. The highest BCUT2D eigenvalue weighted by Crippen LogP contribution is 2.44. The van der Waals surface area contributed by atoms with Gasteiger partial charge in [-0.3, -0.25) is 14.5 Å². The van der Waals surface area contributed by atoms with E-state index in [0.717, 1.165) is 0 Å². The molecule has 0 aliphatic carbocycles. The molecule has 34 heavy (non-hydrogen) atoms. The van der Waals surface area contributed by atoms with E-state index in [1.807, 2.05) is 0 Å². The van der Waals surface area contributed by atoms with Crippen LogP contribution in [0.5, 0.6) is 17.2 Å². The molecule has 2 aliphatic rings. The van der Waals surface area contributed by atoms with Gasteiger partial charge in [-0.05, 0) is 54.1 Å². The van der Waals surface area contributed by atoms with E-state index in [1.165, 1.54) is 35.2 Å². The fourth-order valence-corrected chi connectivity index (χ4v) is 4.61. The molecule has 9 heteroatoms. The predicted molar refractivity (Wildman–Crippen MR) is 127 cm³/mol. The van der Waals surface area contributed by atoms with Crippen molar-refractivity contribution in [2.75, 3.05) is 18.1 Å². The van der Waals surface area contributed by atoms with Gasteiger partial charge in [-0.1, -0.05) is 35.3 Å². The number of aliphatic hydroxyl groups excluding tert-OH is 1. The van der Waals surface area contributed by atoms with E-state index in [-0.39, 0.29) is 32.7 Å². The number of aliphatic hydroxyl groups is 1. The van der Waals surface area contributed by atoms with Gasteiger partial charge in [0.1, 0.15) is 24.7 Å². The summed E-state index contributed by atoms with van der Waals surface area (Å²) in [5.74, 6) is -1.14. The first-order chi connectivity index (χ1) is 16.3. The van der Waals surface area contributed by atoms with Gasteiger partial charge in [-0.2, -0.15) is 0 Å². The molecule has 172 valence electrons. The van der Waals surface area contributed by atoms with E-state index in [2.05, 4.69) is 0 Å². The van der Waals surface area contributed by atoms with Gasteiger partial charge in [-0.25, -0.2) is 0 Å². The lowest BCUT2D eigenvalue weighted by molar-refractivity contribution is -0.132. The van der Waals surface area contributed by atoms with Crippen LogP contribution >= 0.6 is 23.2 Å². The maximum Gasteiger partial charge on any atom is 0.300 e. The van der Waals surface area contributed by atoms with Crippen LogP contribution in [0, 0.1) is 0 Å². The number of ketones is 1. The number of fused-ring (bicyclic) bond motifs is 1. The average Bonchev–Trinajstić information content (AvgIpc) is 3.08. The number of amides is 1. The van der Waals surface area contributed by atoms with Crippen LogP contribution in [-0.2, 0) is 9.59 Å². The zero-order chi connectivity index (χ0) is 24.0. The summed E-state index contributed by atoms with van der Waals surface area (Å²) in [6.45, 7) is 0.761. The van der Waals surface area contributed by atoms with Crippen LogP contribution in [0.1, 0.15) is 17.2 Å². The Kier molecular flexibility index (Phi) is 5.59. The zero-order valence-electron chi connectivity index (χ0n) is 17.5. The molecule has 1 unspecified atom stereocenters. The van der Waals surface area contributed by atoms with Crippen molar-refractivity contribution in [1.29, 1.82) is 0 Å². The minimum atomic E-state index is -0.997. The second kappa shape index (κ2) is 8.59. The number of aromatic hydroxyl groups is 1. The van der Waals surface area contributed by atoms with Gasteiger partial charge in [0.05, 0.1) is 11.6 Å². The van der Waals surface area contributed by atoms with Crippen LogP contribution in [0.3, 0.4) is 0 Å². The van der Waals surface area contributed by atoms with E-state index >= 15 is 0 Å². The van der Waals surface area contributed by atoms with Crippen LogP contribution in [0.2, 0.25) is 10.0 Å². The Balaban J connectivity index is 1.71. The van der Waals surface area contributed by atoms with Gasteiger partial charge in [0.25, 0.3) is 11.7 Å². The quantitative estimate of drug-likeness (QED) is 0.297. The van der Waals surface area contributed by atoms with Gasteiger partial charge < -0.3 is 19.7 Å². The van der Waals surface area contributed by atoms with Crippen molar-refractivity contribution in [2.45, 2.75) is 6.04 Å². The number of carbonyl (C=O) groups excluding carboxylic acids is 2. The van der Waals surface area contributed by atoms with E-state index in [4.69, 9.17) is 32.7 Å². The summed E-state index contributed by atoms with van der Waals surface area (Å²) in [6, 6.07) is 14.3. The van der Waals surface area contributed by atoms with Crippen LogP contribution in [0.4, 0.5) is 5.69 Å². The number of Topliss-reactive ketones (excluding diaryl/α,β-unsaturated/α-hetero) is 1. The Hall–Kier alpha value is -3.68. The predicted octanol–water partition coefficient (Wildman–Crippen LogP) is 5.10. The molecule has 0 aromatic heterocycles. The molecule has 0 bridgehead atoms. The number of hydrogen-bond acceptors (Lipinski definition) is 6. The van der Waals surface area contributed by atoms with E-state index in [1.54, 1.807) is 30.3 Å². The molecule has 3 aromatic carbocycles. The molecule has 0 radical (unpaired) electrons. The van der Waals surface area contributed by atoms with E-state index < -0.39 is 17.7 Å². The second-order valence-corrected chi connectivity index (χ2v) is 8.62. The van der Waals surface area contributed by atoms with Crippen LogP contribution in [0.15, 0.2) is 66.2 Å². The number of anilines is 1. The van der Waals surface area contributed by atoms with Gasteiger partial charge in [0.2, 0.25) is 0 Å². The standard InChI is InChI=1S/C25H17Cl2NO6/c26-15-10-16(27)12-17(11-15)28-22(13-1-4-18(29)5-2-13)21(24(31)25(28)32)23(30)14-3-6-19-20(9-14)34-8-7-33-19/h1-6,9-12,22,29-30H,7-8H2/b23-21-. The highest BCUT2D eigenvalue weighted by Gasteiger charge is 2.47. The molecule has 1 saturated heterocycles. The lowest BCUT2D eigenvalue weighted by Crippen LogP contribution is -2.29. The fraction of sp³-hybridized carbons (Fsp3) is 0.120. The molecular formula is C25H17Cl2NO6. The number of benzene rings is 3. The number of carbonyl (C=O) groups is 2. The fourth-order valence-electron chi connectivity index (χ4n) is 4.10. The molecule has 2 N–H and O–H groups in total. The summed E-state index contributed by atoms with van der Waals surface area (Å²) in [5, 5.41) is 21.6. The lowest BCUT2D eigenvalue weighted by atomic mass is 9.95. The summed E-state index contributed by atoms with van der Waals surface area (Å²) in [4.78, 5) is 27.7. The smallest absolute Gasteiger partial charge is 0.300 e. The number of rotatable bonds is 3. The Labute approximate surface area is 204 Å². The van der Waals surface area contributed by atoms with Crippen molar-refractivity contribution in [3.05, 3.63) is 87.4 Å². The summed E-state index contributed by atoms with van der Waals surface area (Å²) in [7, 11) is 0. The van der Waals surface area contributed by atoms with Gasteiger partial charge in [0.15, 0.2) is 11.5 Å². The third-order valence-corrected chi connectivity index (χ3v) is 6.03. The van der Waals surface area contributed by atoms with Crippen molar-refractivity contribution in [3.63, 3.8) is 0 Å². The normalized spacial score (nSPS) is 18.9. The van der Waals surface area contributed by atoms with Crippen LogP contribution < -0.4 is 14.4 Å². The minimum absolute atomic E-state index is 0.0123. The van der Waals surface area contributed by atoms with Crippen molar-refractivity contribution >= 4 is 46.3 Å². The van der Waals surface area contributed by atoms with Crippen molar-refractivity contribution < 1.29 is 29.3 Å². The van der Waals surface area contributed by atoms with E-state index in [9.17, 15) is 19.8 Å². The first-order valence-electron chi connectivity index (χ1n) is 10.3. The molecule has 1 amide bonds. The zero-order valence-corrected chi connectivity index (χ0v) is 19.0. The van der Waals surface area contributed by atoms with Crippen molar-refractivity contribution in [2.24, 2.45) is 0 Å². The van der Waals surface area contributed by atoms with Crippen LogP contribution in [0.25, 0.3) is 5.76 Å². The molecule has 2 aliphatic heterocycles. The summed E-state index contributed by atoms with van der Waals surface area (Å²) in [6.07, 6.45) is 0. The SMILES string of the molecule is O=C1C(=O)N(c2cc(Cl)cc(Cl)c2)C(c2ccc(O)cc2)/C1=C(/O)c1ccc2c(c1)OCCO2. The lowest BCUT2D eigenvalue weighted by Gasteiger charge is -2.26. The highest BCUT2D eigenvalue weighted by molar-refractivity contribution is 6.52. The number of hydrogen-bond donors (Lipinski definition) is 2. The second-order valence-electron chi connectivity index (χ2n) is 7.75. The number of halogens is 2. The monoisotopic (exact) mass is 497 g/mol. The molecule has 2 heterocycles. The largest absolute Gasteiger partial charge is 0.508 e. The topological polar surface area (TPSA) is 96.3 Å². The average molecular weight is 498 g/mol. The maximum absolute atomic E-state index is 13.2. The summed E-state index contributed by atoms with van der Waals surface area (Å²) >= 11 is 12.3. The van der Waals surface area contributed by atoms with Gasteiger partial charge >= 0.3 is 0 Å². The first kappa shape index (κ1) is 22.1. The molecule has 3 aromatic rings. The summed E-state index contributed by atoms with van der Waals surface area (Å²) < 4.78 is 11.1. The van der Waals surface area contributed by atoms with Crippen molar-refractivity contribution in [1.82, 2.24) is 0 Å². The Bertz CT molecular complexity index is 1330.